The Morgan fingerprint density at radius 2 is 1.61 bits per heavy atom. The van der Waals surface area contributed by atoms with Crippen LogP contribution in [0.2, 0.25) is 0 Å². The first-order chi connectivity index (χ1) is 7.82. The SMILES string of the molecule is CC(C)(C)C(OO)C1(C)C(=O)OC(C)(C)C1(C)C. The molecule has 1 aliphatic heterocycles. The highest BCUT2D eigenvalue weighted by Crippen LogP contribution is 2.59. The van der Waals surface area contributed by atoms with Crippen molar-refractivity contribution in [3.8, 4) is 0 Å². The highest BCUT2D eigenvalue weighted by Gasteiger charge is 2.69. The summed E-state index contributed by atoms with van der Waals surface area (Å²) in [6.45, 7) is 15.4. The van der Waals surface area contributed by atoms with Crippen LogP contribution in [0.15, 0.2) is 0 Å². The predicted octanol–water partition coefficient (Wildman–Crippen LogP) is 3.26. The van der Waals surface area contributed by atoms with Gasteiger partial charge in [0.1, 0.15) is 17.1 Å². The van der Waals surface area contributed by atoms with E-state index in [1.807, 2.05) is 55.4 Å². The highest BCUT2D eigenvalue weighted by atomic mass is 17.1. The summed E-state index contributed by atoms with van der Waals surface area (Å²) in [5, 5.41) is 9.30. The number of hydrogen-bond donors (Lipinski definition) is 1. The third-order valence-electron chi connectivity index (χ3n) is 4.99. The molecule has 1 aliphatic rings. The third kappa shape index (κ3) is 1.77. The van der Waals surface area contributed by atoms with Crippen molar-refractivity contribution in [1.82, 2.24) is 0 Å². The van der Waals surface area contributed by atoms with Crippen molar-refractivity contribution in [3.05, 3.63) is 0 Å². The van der Waals surface area contributed by atoms with Crippen LogP contribution >= 0.6 is 0 Å². The molecule has 2 atom stereocenters. The Labute approximate surface area is 110 Å². The Morgan fingerprint density at radius 3 is 1.83 bits per heavy atom. The molecular formula is C14H26O4. The molecule has 4 heteroatoms. The first-order valence-corrected chi connectivity index (χ1v) is 6.36. The van der Waals surface area contributed by atoms with E-state index in [1.54, 1.807) is 0 Å². The third-order valence-corrected chi connectivity index (χ3v) is 4.99. The number of cyclic esters (lactones) is 1. The number of carbonyl (C=O) groups excluding carboxylic acids is 1. The molecule has 1 N–H and O–H groups in total. The van der Waals surface area contributed by atoms with Crippen molar-refractivity contribution >= 4 is 5.97 Å². The number of rotatable bonds is 2. The van der Waals surface area contributed by atoms with Crippen LogP contribution < -0.4 is 0 Å². The van der Waals surface area contributed by atoms with Gasteiger partial charge in [-0.1, -0.05) is 34.6 Å². The van der Waals surface area contributed by atoms with E-state index < -0.39 is 22.5 Å². The van der Waals surface area contributed by atoms with Crippen LogP contribution in [0.1, 0.15) is 55.4 Å². The van der Waals surface area contributed by atoms with Gasteiger partial charge in [0.05, 0.1) is 0 Å². The topological polar surface area (TPSA) is 55.8 Å². The van der Waals surface area contributed by atoms with Gasteiger partial charge in [-0.15, -0.1) is 0 Å². The van der Waals surface area contributed by atoms with Gasteiger partial charge in [0.2, 0.25) is 0 Å². The lowest BCUT2D eigenvalue weighted by Crippen LogP contribution is -2.55. The van der Waals surface area contributed by atoms with Gasteiger partial charge in [-0.05, 0) is 26.2 Å². The van der Waals surface area contributed by atoms with E-state index in [0.29, 0.717) is 0 Å². The first kappa shape index (κ1) is 15.4. The van der Waals surface area contributed by atoms with Gasteiger partial charge in [-0.2, -0.15) is 0 Å². The maximum Gasteiger partial charge on any atom is 0.315 e. The lowest BCUT2D eigenvalue weighted by molar-refractivity contribution is -0.329. The van der Waals surface area contributed by atoms with Gasteiger partial charge in [-0.25, -0.2) is 4.89 Å². The molecule has 18 heavy (non-hydrogen) atoms. The largest absolute Gasteiger partial charge is 0.459 e. The minimum atomic E-state index is -0.899. The summed E-state index contributed by atoms with van der Waals surface area (Å²) in [6.07, 6.45) is -0.630. The van der Waals surface area contributed by atoms with Gasteiger partial charge < -0.3 is 4.74 Å². The fourth-order valence-electron chi connectivity index (χ4n) is 2.91. The van der Waals surface area contributed by atoms with Crippen molar-refractivity contribution < 1.29 is 19.7 Å². The maximum atomic E-state index is 12.4. The minimum Gasteiger partial charge on any atom is -0.459 e. The molecule has 0 aromatic heterocycles. The second kappa shape index (κ2) is 3.94. The fourth-order valence-corrected chi connectivity index (χ4v) is 2.91. The summed E-state index contributed by atoms with van der Waals surface area (Å²) in [5.74, 6) is -0.313. The molecular weight excluding hydrogens is 232 g/mol. The number of carbonyl (C=O) groups is 1. The van der Waals surface area contributed by atoms with Crippen LogP contribution in [0.3, 0.4) is 0 Å². The lowest BCUT2D eigenvalue weighted by atomic mass is 9.55. The summed E-state index contributed by atoms with van der Waals surface area (Å²) in [5.41, 5.74) is -2.33. The van der Waals surface area contributed by atoms with Gasteiger partial charge in [0.15, 0.2) is 0 Å². The molecule has 2 unspecified atom stereocenters. The zero-order chi connectivity index (χ0) is 14.6. The summed E-state index contributed by atoms with van der Waals surface area (Å²) >= 11 is 0. The zero-order valence-corrected chi connectivity index (χ0v) is 12.7. The van der Waals surface area contributed by atoms with Crippen molar-refractivity contribution in [2.24, 2.45) is 16.2 Å². The first-order valence-electron chi connectivity index (χ1n) is 6.36. The van der Waals surface area contributed by atoms with Crippen molar-refractivity contribution in [2.75, 3.05) is 0 Å². The number of hydrogen-bond acceptors (Lipinski definition) is 4. The molecule has 0 saturated carbocycles. The van der Waals surface area contributed by atoms with E-state index in [4.69, 9.17) is 9.62 Å². The Kier molecular flexibility index (Phi) is 3.38. The van der Waals surface area contributed by atoms with Crippen LogP contribution in [-0.4, -0.2) is 22.9 Å². The average Bonchev–Trinajstić information content (AvgIpc) is 2.24. The molecule has 0 spiro atoms. The molecule has 0 amide bonds. The molecule has 1 rings (SSSR count). The summed E-state index contributed by atoms with van der Waals surface area (Å²) in [4.78, 5) is 17.1. The second-order valence-corrected chi connectivity index (χ2v) is 7.58. The molecule has 0 aromatic carbocycles. The smallest absolute Gasteiger partial charge is 0.315 e. The number of esters is 1. The van der Waals surface area contributed by atoms with E-state index in [0.717, 1.165) is 0 Å². The molecule has 1 fully saturated rings. The van der Waals surface area contributed by atoms with E-state index in [2.05, 4.69) is 0 Å². The fraction of sp³-hybridized carbons (Fsp3) is 0.929. The molecule has 0 bridgehead atoms. The zero-order valence-electron chi connectivity index (χ0n) is 12.7. The summed E-state index contributed by atoms with van der Waals surface area (Å²) in [7, 11) is 0. The van der Waals surface area contributed by atoms with Crippen molar-refractivity contribution in [1.29, 1.82) is 0 Å². The number of ether oxygens (including phenoxy) is 1. The van der Waals surface area contributed by atoms with Crippen molar-refractivity contribution in [3.63, 3.8) is 0 Å². The van der Waals surface area contributed by atoms with Gasteiger partial charge in [-0.3, -0.25) is 10.1 Å². The monoisotopic (exact) mass is 258 g/mol. The Balaban J connectivity index is 3.39. The quantitative estimate of drug-likeness (QED) is 0.469. The van der Waals surface area contributed by atoms with Crippen LogP contribution in [0.4, 0.5) is 0 Å². The standard InChI is InChI=1S/C14H26O4/c1-11(2,3)9(18-16)14(8)10(15)17-13(6,7)12(14,4)5/h9,16H,1-8H3. The summed E-state index contributed by atoms with van der Waals surface area (Å²) < 4.78 is 5.53. The molecule has 106 valence electrons. The highest BCUT2D eigenvalue weighted by molar-refractivity contribution is 5.81. The predicted molar refractivity (Wildman–Crippen MR) is 69.0 cm³/mol. The van der Waals surface area contributed by atoms with E-state index in [1.165, 1.54) is 0 Å². The van der Waals surface area contributed by atoms with Gasteiger partial charge >= 0.3 is 5.97 Å². The molecule has 4 nitrogen and oxygen atoms in total. The lowest BCUT2D eigenvalue weighted by Gasteiger charge is -2.47. The Morgan fingerprint density at radius 1 is 1.17 bits per heavy atom. The van der Waals surface area contributed by atoms with Crippen LogP contribution in [0.25, 0.3) is 0 Å². The normalized spacial score (nSPS) is 32.2. The van der Waals surface area contributed by atoms with E-state index in [9.17, 15) is 10.1 Å². The summed E-state index contributed by atoms with van der Waals surface area (Å²) in [6, 6.07) is 0. The van der Waals surface area contributed by atoms with E-state index in [-0.39, 0.29) is 11.4 Å². The van der Waals surface area contributed by atoms with E-state index >= 15 is 0 Å². The van der Waals surface area contributed by atoms with Gasteiger partial charge in [0.25, 0.3) is 0 Å². The molecule has 1 saturated heterocycles. The maximum absolute atomic E-state index is 12.4. The molecule has 0 radical (unpaired) electrons. The van der Waals surface area contributed by atoms with Gasteiger partial charge in [0, 0.05) is 5.41 Å². The van der Waals surface area contributed by atoms with Crippen LogP contribution in [-0.2, 0) is 14.4 Å². The van der Waals surface area contributed by atoms with Crippen LogP contribution in [0.5, 0.6) is 0 Å². The Hall–Kier alpha value is -0.610. The molecule has 1 heterocycles. The van der Waals surface area contributed by atoms with Crippen LogP contribution in [0, 0.1) is 16.2 Å². The molecule has 0 aliphatic carbocycles. The minimum absolute atomic E-state index is 0.313. The molecule has 0 aromatic rings. The Bertz CT molecular complexity index is 351. The second-order valence-electron chi connectivity index (χ2n) is 7.58. The van der Waals surface area contributed by atoms with Crippen molar-refractivity contribution in [2.45, 2.75) is 67.1 Å². The average molecular weight is 258 g/mol.